The van der Waals surface area contributed by atoms with Gasteiger partial charge in [0.25, 0.3) is 0 Å². The number of hydrogen-bond acceptors (Lipinski definition) is 5. The summed E-state index contributed by atoms with van der Waals surface area (Å²) in [6.07, 6.45) is 0. The number of nitrogens with zero attached hydrogens (tertiary/aromatic N) is 2. The van der Waals surface area contributed by atoms with Gasteiger partial charge in [0.05, 0.1) is 5.25 Å². The van der Waals surface area contributed by atoms with Crippen LogP contribution in [0, 0.1) is 12.7 Å². The van der Waals surface area contributed by atoms with Gasteiger partial charge in [-0.1, -0.05) is 41.3 Å². The second kappa shape index (κ2) is 5.77. The number of aryl methyl sites for hydroxylation is 1. The van der Waals surface area contributed by atoms with Crippen molar-refractivity contribution < 1.29 is 4.39 Å². The quantitative estimate of drug-likeness (QED) is 0.876. The van der Waals surface area contributed by atoms with Gasteiger partial charge in [-0.25, -0.2) is 4.39 Å². The Labute approximate surface area is 114 Å². The molecule has 0 amide bonds. The molecule has 1 aromatic carbocycles. The van der Waals surface area contributed by atoms with Crippen molar-refractivity contribution in [3.8, 4) is 0 Å². The molecule has 2 atom stereocenters. The number of nitrogens with two attached hydrogens (primary N) is 1. The molecule has 3 nitrogen and oxygen atoms in total. The van der Waals surface area contributed by atoms with Crippen molar-refractivity contribution in [3.05, 3.63) is 40.7 Å². The standard InChI is InChI=1S/C12H14FN3S2/c1-7(14)11(9-5-3-4-6-10(9)13)18-12-16-15-8(2)17-12/h3-7,11H,14H2,1-2H3. The second-order valence-electron chi connectivity index (χ2n) is 4.01. The van der Waals surface area contributed by atoms with Crippen molar-refractivity contribution in [2.45, 2.75) is 29.5 Å². The molecule has 2 N–H and O–H groups in total. The van der Waals surface area contributed by atoms with E-state index in [0.29, 0.717) is 5.56 Å². The zero-order valence-electron chi connectivity index (χ0n) is 10.1. The first kappa shape index (κ1) is 13.5. The van der Waals surface area contributed by atoms with E-state index in [1.54, 1.807) is 12.1 Å². The van der Waals surface area contributed by atoms with Gasteiger partial charge in [0.15, 0.2) is 4.34 Å². The smallest absolute Gasteiger partial charge is 0.174 e. The van der Waals surface area contributed by atoms with E-state index in [2.05, 4.69) is 10.2 Å². The minimum absolute atomic E-state index is 0.154. The summed E-state index contributed by atoms with van der Waals surface area (Å²) in [7, 11) is 0. The van der Waals surface area contributed by atoms with E-state index < -0.39 is 0 Å². The molecule has 0 radical (unpaired) electrons. The van der Waals surface area contributed by atoms with Crippen molar-refractivity contribution in [3.63, 3.8) is 0 Å². The van der Waals surface area contributed by atoms with E-state index in [4.69, 9.17) is 5.73 Å². The van der Waals surface area contributed by atoms with Gasteiger partial charge in [-0.15, -0.1) is 10.2 Å². The fourth-order valence-corrected chi connectivity index (χ4v) is 3.71. The summed E-state index contributed by atoms with van der Waals surface area (Å²) in [6, 6.07) is 6.55. The number of benzene rings is 1. The molecule has 96 valence electrons. The van der Waals surface area contributed by atoms with Crippen LogP contribution in [0.3, 0.4) is 0 Å². The molecule has 0 spiro atoms. The average molecular weight is 283 g/mol. The molecule has 0 aliphatic heterocycles. The zero-order valence-corrected chi connectivity index (χ0v) is 11.8. The van der Waals surface area contributed by atoms with E-state index in [-0.39, 0.29) is 17.1 Å². The fraction of sp³-hybridized carbons (Fsp3) is 0.333. The maximum Gasteiger partial charge on any atom is 0.174 e. The molecule has 2 unspecified atom stereocenters. The van der Waals surface area contributed by atoms with Gasteiger partial charge in [0.1, 0.15) is 10.8 Å². The zero-order chi connectivity index (χ0) is 13.1. The van der Waals surface area contributed by atoms with Crippen LogP contribution in [0.25, 0.3) is 0 Å². The Balaban J connectivity index is 2.27. The van der Waals surface area contributed by atoms with Gasteiger partial charge in [-0.05, 0) is 19.9 Å². The first-order chi connectivity index (χ1) is 8.58. The van der Waals surface area contributed by atoms with Crippen LogP contribution >= 0.6 is 23.1 Å². The van der Waals surface area contributed by atoms with Crippen LogP contribution in [-0.4, -0.2) is 16.2 Å². The van der Waals surface area contributed by atoms with Gasteiger partial charge in [-0.2, -0.15) is 0 Å². The molecule has 0 saturated heterocycles. The van der Waals surface area contributed by atoms with Gasteiger partial charge in [-0.3, -0.25) is 0 Å². The Kier molecular flexibility index (Phi) is 4.31. The lowest BCUT2D eigenvalue weighted by atomic mass is 10.1. The highest BCUT2D eigenvalue weighted by Crippen LogP contribution is 2.39. The lowest BCUT2D eigenvalue weighted by molar-refractivity contribution is 0.592. The second-order valence-corrected chi connectivity index (χ2v) is 6.58. The van der Waals surface area contributed by atoms with Crippen molar-refractivity contribution >= 4 is 23.1 Å². The van der Waals surface area contributed by atoms with Crippen LogP contribution < -0.4 is 5.73 Å². The number of hydrogen-bond donors (Lipinski definition) is 1. The largest absolute Gasteiger partial charge is 0.327 e. The molecule has 0 fully saturated rings. The highest BCUT2D eigenvalue weighted by Gasteiger charge is 2.22. The molecular formula is C12H14FN3S2. The van der Waals surface area contributed by atoms with Crippen molar-refractivity contribution in [1.82, 2.24) is 10.2 Å². The number of halogens is 1. The predicted octanol–water partition coefficient (Wildman–Crippen LogP) is 3.17. The van der Waals surface area contributed by atoms with E-state index in [1.165, 1.54) is 29.2 Å². The van der Waals surface area contributed by atoms with E-state index in [9.17, 15) is 4.39 Å². The van der Waals surface area contributed by atoms with Crippen molar-refractivity contribution in [1.29, 1.82) is 0 Å². The van der Waals surface area contributed by atoms with Gasteiger partial charge in [0, 0.05) is 11.6 Å². The predicted molar refractivity (Wildman–Crippen MR) is 73.3 cm³/mol. The van der Waals surface area contributed by atoms with Crippen LogP contribution in [0.5, 0.6) is 0 Å². The summed E-state index contributed by atoms with van der Waals surface area (Å²) in [5, 5.41) is 8.75. The Hall–Kier alpha value is -0.980. The minimum atomic E-state index is -0.228. The number of aromatic nitrogens is 2. The molecule has 6 heteroatoms. The molecule has 2 rings (SSSR count). The van der Waals surface area contributed by atoms with Crippen molar-refractivity contribution in [2.75, 3.05) is 0 Å². The molecule has 1 aromatic heterocycles. The monoisotopic (exact) mass is 283 g/mol. The number of thioether (sulfide) groups is 1. The summed E-state index contributed by atoms with van der Waals surface area (Å²) >= 11 is 2.96. The van der Waals surface area contributed by atoms with Crippen LogP contribution in [0.2, 0.25) is 0 Å². The molecule has 0 saturated carbocycles. The Morgan fingerprint density at radius 1 is 1.33 bits per heavy atom. The maximum absolute atomic E-state index is 13.8. The third-order valence-corrected chi connectivity index (χ3v) is 4.82. The molecule has 0 aliphatic rings. The van der Waals surface area contributed by atoms with Gasteiger partial charge >= 0.3 is 0 Å². The van der Waals surface area contributed by atoms with E-state index >= 15 is 0 Å². The first-order valence-corrected chi connectivity index (χ1v) is 7.24. The Morgan fingerprint density at radius 3 is 2.61 bits per heavy atom. The van der Waals surface area contributed by atoms with Gasteiger partial charge in [0.2, 0.25) is 0 Å². The summed E-state index contributed by atoms with van der Waals surface area (Å²) in [5.41, 5.74) is 6.58. The molecular weight excluding hydrogens is 269 g/mol. The minimum Gasteiger partial charge on any atom is -0.327 e. The van der Waals surface area contributed by atoms with Crippen LogP contribution in [0.15, 0.2) is 28.6 Å². The third kappa shape index (κ3) is 3.07. The first-order valence-electron chi connectivity index (χ1n) is 5.54. The lowest BCUT2D eigenvalue weighted by Crippen LogP contribution is -2.23. The molecule has 0 aliphatic carbocycles. The van der Waals surface area contributed by atoms with E-state index in [0.717, 1.165) is 9.35 Å². The highest BCUT2D eigenvalue weighted by atomic mass is 32.2. The number of rotatable bonds is 4. The highest BCUT2D eigenvalue weighted by molar-refractivity contribution is 8.01. The Bertz CT molecular complexity index is 528. The SMILES string of the molecule is Cc1nnc(SC(c2ccccc2F)C(C)N)s1. The van der Waals surface area contributed by atoms with E-state index in [1.807, 2.05) is 19.9 Å². The normalized spacial score (nSPS) is 14.4. The van der Waals surface area contributed by atoms with Crippen LogP contribution in [0.1, 0.15) is 22.7 Å². The fourth-order valence-electron chi connectivity index (χ4n) is 1.59. The molecule has 2 aromatic rings. The van der Waals surface area contributed by atoms with Crippen LogP contribution in [0.4, 0.5) is 4.39 Å². The third-order valence-electron chi connectivity index (χ3n) is 2.42. The molecule has 18 heavy (non-hydrogen) atoms. The summed E-state index contributed by atoms with van der Waals surface area (Å²) in [6.45, 7) is 3.77. The maximum atomic E-state index is 13.8. The summed E-state index contributed by atoms with van der Waals surface area (Å²) in [4.78, 5) is 0. The topological polar surface area (TPSA) is 51.8 Å². The average Bonchev–Trinajstić information content (AvgIpc) is 2.73. The summed E-state index contributed by atoms with van der Waals surface area (Å²) < 4.78 is 14.6. The molecule has 1 heterocycles. The van der Waals surface area contributed by atoms with Crippen LogP contribution in [-0.2, 0) is 0 Å². The van der Waals surface area contributed by atoms with Gasteiger partial charge < -0.3 is 5.73 Å². The summed E-state index contributed by atoms with van der Waals surface area (Å²) in [5.74, 6) is -0.228. The Morgan fingerprint density at radius 2 is 2.06 bits per heavy atom. The molecule has 0 bridgehead atoms. The van der Waals surface area contributed by atoms with Crippen molar-refractivity contribution in [2.24, 2.45) is 5.73 Å². The lowest BCUT2D eigenvalue weighted by Gasteiger charge is -2.19.